The van der Waals surface area contributed by atoms with Gasteiger partial charge in [0.05, 0.1) is 18.3 Å². The minimum atomic E-state index is -1.01. The maximum atomic E-state index is 14.4. The monoisotopic (exact) mass is 376 g/mol. The summed E-state index contributed by atoms with van der Waals surface area (Å²) in [5, 5.41) is 0. The summed E-state index contributed by atoms with van der Waals surface area (Å²) in [6, 6.07) is 2.83. The summed E-state index contributed by atoms with van der Waals surface area (Å²) < 4.78 is 26.6. The van der Waals surface area contributed by atoms with Gasteiger partial charge in [-0.2, -0.15) is 0 Å². The highest BCUT2D eigenvalue weighted by Gasteiger charge is 2.44. The number of aryl methyl sites for hydroxylation is 1. The molecule has 1 aliphatic rings. The van der Waals surface area contributed by atoms with E-state index < -0.39 is 17.2 Å². The fourth-order valence-electron chi connectivity index (χ4n) is 3.34. The smallest absolute Gasteiger partial charge is 0.315 e. The molecule has 1 saturated carbocycles. The number of nitrogens with zero attached hydrogens (tertiary/aromatic N) is 2. The zero-order valence-electron chi connectivity index (χ0n) is 15.3. The Hall–Kier alpha value is -2.77. The molecule has 2 aromatic heterocycles. The molecule has 3 rings (SSSR count). The van der Waals surface area contributed by atoms with Gasteiger partial charge in [-0.3, -0.25) is 19.4 Å². The number of ketones is 1. The highest BCUT2D eigenvalue weighted by molar-refractivity contribution is 5.85. The van der Waals surface area contributed by atoms with Crippen LogP contribution in [-0.2, 0) is 21.4 Å². The van der Waals surface area contributed by atoms with Crippen molar-refractivity contribution in [1.82, 2.24) is 9.55 Å². The van der Waals surface area contributed by atoms with Crippen molar-refractivity contribution in [3.05, 3.63) is 34.5 Å². The molecule has 0 radical (unpaired) electrons. The number of carbonyl (C=O) groups is 2. The lowest BCUT2D eigenvalue weighted by Gasteiger charge is -2.34. The standard InChI is InChI=1S/C19H21FN2O5/c1-3-26-18(25)19(8-6-12(23)7-9-19)11-27-17-13(20)10-21-14-4-5-15(24)22(2)16(14)17/h4-5,10H,3,6-9,11H2,1-2H3. The van der Waals surface area contributed by atoms with E-state index in [-0.39, 0.29) is 61.5 Å². The first-order valence-electron chi connectivity index (χ1n) is 8.84. The minimum absolute atomic E-state index is 0.0814. The fourth-order valence-corrected chi connectivity index (χ4v) is 3.34. The summed E-state index contributed by atoms with van der Waals surface area (Å²) in [4.78, 5) is 40.1. The summed E-state index contributed by atoms with van der Waals surface area (Å²) in [6.07, 6.45) is 2.09. The van der Waals surface area contributed by atoms with Crippen LogP contribution >= 0.6 is 0 Å². The normalized spacial score (nSPS) is 16.3. The number of hydrogen-bond acceptors (Lipinski definition) is 6. The largest absolute Gasteiger partial charge is 0.487 e. The molecule has 1 aliphatic carbocycles. The van der Waals surface area contributed by atoms with E-state index in [4.69, 9.17) is 9.47 Å². The van der Waals surface area contributed by atoms with Crippen molar-refractivity contribution < 1.29 is 23.5 Å². The highest BCUT2D eigenvalue weighted by atomic mass is 19.1. The van der Waals surface area contributed by atoms with Crippen LogP contribution < -0.4 is 10.3 Å². The number of halogens is 1. The molecule has 7 nitrogen and oxygen atoms in total. The third kappa shape index (κ3) is 3.56. The van der Waals surface area contributed by atoms with Crippen molar-refractivity contribution in [3.63, 3.8) is 0 Å². The lowest BCUT2D eigenvalue weighted by atomic mass is 9.74. The molecular formula is C19H21FN2O5. The van der Waals surface area contributed by atoms with Gasteiger partial charge < -0.3 is 14.0 Å². The molecule has 2 aromatic rings. The molecule has 1 fully saturated rings. The van der Waals surface area contributed by atoms with Crippen molar-refractivity contribution in [3.8, 4) is 5.75 Å². The van der Waals surface area contributed by atoms with E-state index in [0.29, 0.717) is 5.52 Å². The summed E-state index contributed by atoms with van der Waals surface area (Å²) in [7, 11) is 1.50. The van der Waals surface area contributed by atoms with E-state index in [1.807, 2.05) is 0 Å². The minimum Gasteiger partial charge on any atom is -0.487 e. The van der Waals surface area contributed by atoms with Crippen LogP contribution in [0, 0.1) is 11.2 Å². The number of esters is 1. The van der Waals surface area contributed by atoms with Crippen LogP contribution in [0.25, 0.3) is 11.0 Å². The number of ether oxygens (including phenoxy) is 2. The first-order chi connectivity index (χ1) is 12.9. The topological polar surface area (TPSA) is 87.5 Å². The van der Waals surface area contributed by atoms with Crippen molar-refractivity contribution >= 4 is 22.8 Å². The lowest BCUT2D eigenvalue weighted by Crippen LogP contribution is -2.42. The van der Waals surface area contributed by atoms with Gasteiger partial charge in [0, 0.05) is 26.0 Å². The molecule has 144 valence electrons. The van der Waals surface area contributed by atoms with Gasteiger partial charge in [0.15, 0.2) is 11.6 Å². The Morgan fingerprint density at radius 3 is 2.67 bits per heavy atom. The summed E-state index contributed by atoms with van der Waals surface area (Å²) >= 11 is 0. The Labute approximate surface area is 155 Å². The quantitative estimate of drug-likeness (QED) is 0.743. The maximum absolute atomic E-state index is 14.4. The van der Waals surface area contributed by atoms with Crippen LogP contribution in [0.3, 0.4) is 0 Å². The Bertz CT molecular complexity index is 943. The van der Waals surface area contributed by atoms with Crippen LogP contribution in [0.15, 0.2) is 23.1 Å². The third-order valence-electron chi connectivity index (χ3n) is 5.01. The number of pyridine rings is 2. The third-order valence-corrected chi connectivity index (χ3v) is 5.01. The van der Waals surface area contributed by atoms with Gasteiger partial charge in [-0.15, -0.1) is 0 Å². The SMILES string of the molecule is CCOC(=O)C1(COc2c(F)cnc3ccc(=O)n(C)c23)CCC(=O)CC1. The van der Waals surface area contributed by atoms with Crippen molar-refractivity contribution in [2.24, 2.45) is 12.5 Å². The van der Waals surface area contributed by atoms with Crippen LogP contribution in [-0.4, -0.2) is 34.5 Å². The van der Waals surface area contributed by atoms with Crippen molar-refractivity contribution in [1.29, 1.82) is 0 Å². The van der Waals surface area contributed by atoms with Crippen LogP contribution in [0.2, 0.25) is 0 Å². The maximum Gasteiger partial charge on any atom is 0.315 e. The van der Waals surface area contributed by atoms with E-state index in [9.17, 15) is 18.8 Å². The first-order valence-corrected chi connectivity index (χ1v) is 8.84. The van der Waals surface area contributed by atoms with Gasteiger partial charge in [-0.05, 0) is 25.8 Å². The van der Waals surface area contributed by atoms with Gasteiger partial charge >= 0.3 is 5.97 Å². The average molecular weight is 376 g/mol. The molecule has 0 aromatic carbocycles. The summed E-state index contributed by atoms with van der Waals surface area (Å²) in [5.74, 6) is -1.24. The zero-order valence-corrected chi connectivity index (χ0v) is 15.3. The molecule has 0 unspecified atom stereocenters. The van der Waals surface area contributed by atoms with E-state index in [1.54, 1.807) is 6.92 Å². The number of rotatable bonds is 5. The second kappa shape index (κ2) is 7.46. The molecule has 0 atom stereocenters. The number of fused-ring (bicyclic) bond motifs is 1. The van der Waals surface area contributed by atoms with Crippen LogP contribution in [0.4, 0.5) is 4.39 Å². The van der Waals surface area contributed by atoms with E-state index in [1.165, 1.54) is 23.7 Å². The average Bonchev–Trinajstić information content (AvgIpc) is 2.66. The number of Topliss-reactive ketones (excluding diaryl/α,β-unsaturated/α-hetero) is 1. The second-order valence-corrected chi connectivity index (χ2v) is 6.73. The van der Waals surface area contributed by atoms with Gasteiger partial charge in [-0.25, -0.2) is 4.39 Å². The molecule has 0 amide bonds. The van der Waals surface area contributed by atoms with Crippen LogP contribution in [0.5, 0.6) is 5.75 Å². The number of hydrogen-bond donors (Lipinski definition) is 0. The lowest BCUT2D eigenvalue weighted by molar-refractivity contribution is -0.160. The Kier molecular flexibility index (Phi) is 5.25. The molecule has 27 heavy (non-hydrogen) atoms. The summed E-state index contributed by atoms with van der Waals surface area (Å²) in [5.41, 5.74) is -0.728. The molecule has 0 saturated heterocycles. The Morgan fingerprint density at radius 1 is 1.30 bits per heavy atom. The van der Waals surface area contributed by atoms with Gasteiger partial charge in [0.2, 0.25) is 0 Å². The van der Waals surface area contributed by atoms with E-state index in [0.717, 1.165) is 6.20 Å². The molecule has 0 bridgehead atoms. The number of aromatic nitrogens is 2. The summed E-state index contributed by atoms with van der Waals surface area (Å²) in [6.45, 7) is 1.76. The Balaban J connectivity index is 1.97. The Morgan fingerprint density at radius 2 is 2.00 bits per heavy atom. The molecular weight excluding hydrogens is 355 g/mol. The van der Waals surface area contributed by atoms with Crippen LogP contribution in [0.1, 0.15) is 32.6 Å². The fraction of sp³-hybridized carbons (Fsp3) is 0.474. The predicted octanol–water partition coefficient (Wildman–Crippen LogP) is 2.14. The van der Waals surface area contributed by atoms with Gasteiger partial charge in [0.25, 0.3) is 5.56 Å². The predicted molar refractivity (Wildman–Crippen MR) is 95.0 cm³/mol. The molecule has 8 heteroatoms. The van der Waals surface area contributed by atoms with E-state index in [2.05, 4.69) is 4.98 Å². The first kappa shape index (κ1) is 19.0. The van der Waals surface area contributed by atoms with Gasteiger partial charge in [0.1, 0.15) is 23.3 Å². The number of carbonyl (C=O) groups excluding carboxylic acids is 2. The molecule has 0 aliphatic heterocycles. The zero-order chi connectivity index (χ0) is 19.6. The molecule has 0 spiro atoms. The molecule has 0 N–H and O–H groups in total. The van der Waals surface area contributed by atoms with Gasteiger partial charge in [-0.1, -0.05) is 0 Å². The highest BCUT2D eigenvalue weighted by Crippen LogP contribution is 2.38. The second-order valence-electron chi connectivity index (χ2n) is 6.73. The van der Waals surface area contributed by atoms with Crippen molar-refractivity contribution in [2.75, 3.05) is 13.2 Å². The molecule has 2 heterocycles. The van der Waals surface area contributed by atoms with E-state index >= 15 is 0 Å². The van der Waals surface area contributed by atoms with Crippen molar-refractivity contribution in [2.45, 2.75) is 32.6 Å².